The molecule has 1 amide bonds. The zero-order valence-electron chi connectivity index (χ0n) is 19.4. The van der Waals surface area contributed by atoms with E-state index in [1.54, 1.807) is 24.3 Å². The van der Waals surface area contributed by atoms with Crippen LogP contribution >= 0.6 is 0 Å². The number of nitro groups is 1. The summed E-state index contributed by atoms with van der Waals surface area (Å²) in [5.74, 6) is -1.21. The Bertz CT molecular complexity index is 1120. The summed E-state index contributed by atoms with van der Waals surface area (Å²) in [6.07, 6.45) is 0.624. The standard InChI is InChI=1S/C25H27N3O7/c1-34-20-9-5-18(6-10-20)23(29)21-22(17-3-7-19(8-4-17)28(32)33)27(25(31)24(21)30)12-2-11-26-13-15-35-16-14-26/h3-10,22,29H,2,11-16H2,1H3/b23-21+/t22-/m0/s1. The molecule has 0 saturated carbocycles. The van der Waals surface area contributed by atoms with Crippen LogP contribution in [0, 0.1) is 10.1 Å². The third-order valence-corrected chi connectivity index (χ3v) is 6.30. The van der Waals surface area contributed by atoms with Gasteiger partial charge in [0, 0.05) is 43.9 Å². The first-order valence-electron chi connectivity index (χ1n) is 11.4. The highest BCUT2D eigenvalue weighted by Crippen LogP contribution is 2.40. The van der Waals surface area contributed by atoms with E-state index in [1.165, 1.54) is 36.3 Å². The molecule has 0 radical (unpaired) electrons. The molecule has 2 aliphatic rings. The van der Waals surface area contributed by atoms with Crippen molar-refractivity contribution >= 4 is 23.1 Å². The molecule has 0 bridgehead atoms. The highest BCUT2D eigenvalue weighted by molar-refractivity contribution is 6.46. The Morgan fingerprint density at radius 1 is 1.09 bits per heavy atom. The number of ketones is 1. The fourth-order valence-electron chi connectivity index (χ4n) is 4.43. The largest absolute Gasteiger partial charge is 0.507 e. The average molecular weight is 482 g/mol. The quantitative estimate of drug-likeness (QED) is 0.201. The molecular formula is C25H27N3O7. The zero-order valence-corrected chi connectivity index (χ0v) is 19.4. The summed E-state index contributed by atoms with van der Waals surface area (Å²) in [6, 6.07) is 11.3. The maximum Gasteiger partial charge on any atom is 0.295 e. The number of carbonyl (C=O) groups is 2. The Morgan fingerprint density at radius 3 is 2.34 bits per heavy atom. The second kappa shape index (κ2) is 10.7. The summed E-state index contributed by atoms with van der Waals surface area (Å²) in [5.41, 5.74) is 0.730. The first kappa shape index (κ1) is 24.4. The number of nitrogens with zero attached hydrogens (tertiary/aromatic N) is 3. The number of rotatable bonds is 8. The molecule has 2 saturated heterocycles. The summed E-state index contributed by atoms with van der Waals surface area (Å²) >= 11 is 0. The van der Waals surface area contributed by atoms with E-state index < -0.39 is 22.7 Å². The molecule has 0 unspecified atom stereocenters. The lowest BCUT2D eigenvalue weighted by Crippen LogP contribution is -2.38. The number of likely N-dealkylation sites (tertiary alicyclic amines) is 1. The molecule has 10 nitrogen and oxygen atoms in total. The van der Waals surface area contributed by atoms with Crippen molar-refractivity contribution in [1.29, 1.82) is 0 Å². The third kappa shape index (κ3) is 5.18. The summed E-state index contributed by atoms with van der Waals surface area (Å²) in [4.78, 5) is 40.5. The Morgan fingerprint density at radius 2 is 1.74 bits per heavy atom. The first-order chi connectivity index (χ1) is 16.9. The van der Waals surface area contributed by atoms with Gasteiger partial charge in [0.25, 0.3) is 17.4 Å². The van der Waals surface area contributed by atoms with Crippen LogP contribution in [-0.4, -0.2) is 78.0 Å². The number of hydrogen-bond acceptors (Lipinski definition) is 8. The molecule has 0 aliphatic carbocycles. The summed E-state index contributed by atoms with van der Waals surface area (Å²) in [5, 5.41) is 22.2. The molecule has 2 aromatic carbocycles. The molecule has 2 heterocycles. The van der Waals surface area contributed by atoms with Gasteiger partial charge >= 0.3 is 0 Å². The van der Waals surface area contributed by atoms with E-state index in [0.717, 1.165) is 19.6 Å². The van der Waals surface area contributed by atoms with Crippen LogP contribution in [0.2, 0.25) is 0 Å². The molecule has 4 rings (SSSR count). The van der Waals surface area contributed by atoms with Crippen LogP contribution in [0.1, 0.15) is 23.6 Å². The van der Waals surface area contributed by atoms with Crippen molar-refractivity contribution in [3.05, 3.63) is 75.3 Å². The molecule has 1 N–H and O–H groups in total. The second-order valence-electron chi connectivity index (χ2n) is 8.38. The monoisotopic (exact) mass is 481 g/mol. The average Bonchev–Trinajstić information content (AvgIpc) is 3.14. The Kier molecular flexibility index (Phi) is 7.42. The zero-order chi connectivity index (χ0) is 24.9. The maximum absolute atomic E-state index is 13.1. The molecule has 10 heteroatoms. The number of benzene rings is 2. The molecule has 35 heavy (non-hydrogen) atoms. The molecule has 184 valence electrons. The van der Waals surface area contributed by atoms with Gasteiger partial charge in [0.15, 0.2) is 0 Å². The van der Waals surface area contributed by atoms with Crippen molar-refractivity contribution in [1.82, 2.24) is 9.80 Å². The second-order valence-corrected chi connectivity index (χ2v) is 8.38. The number of morpholine rings is 1. The lowest BCUT2D eigenvalue weighted by molar-refractivity contribution is -0.384. The SMILES string of the molecule is COc1ccc(/C(O)=C2\C(=O)C(=O)N(CCCN3CCOCC3)[C@H]2c2ccc([N+](=O)[O-])cc2)cc1. The van der Waals surface area contributed by atoms with E-state index in [2.05, 4.69) is 4.90 Å². The maximum atomic E-state index is 13.1. The Hall–Kier alpha value is -3.76. The van der Waals surface area contributed by atoms with E-state index in [1.807, 2.05) is 0 Å². The minimum atomic E-state index is -0.859. The van der Waals surface area contributed by atoms with Gasteiger partial charge in [-0.05, 0) is 48.4 Å². The number of ether oxygens (including phenoxy) is 2. The van der Waals surface area contributed by atoms with Crippen LogP contribution in [-0.2, 0) is 14.3 Å². The molecule has 2 aliphatic heterocycles. The topological polar surface area (TPSA) is 122 Å². The normalized spacial score (nSPS) is 20.3. The number of aliphatic hydroxyl groups excluding tert-OH is 1. The van der Waals surface area contributed by atoms with Crippen molar-refractivity contribution in [2.45, 2.75) is 12.5 Å². The van der Waals surface area contributed by atoms with E-state index >= 15 is 0 Å². The summed E-state index contributed by atoms with van der Waals surface area (Å²) in [6.45, 7) is 3.97. The van der Waals surface area contributed by atoms with E-state index in [0.29, 0.717) is 43.1 Å². The molecule has 2 aromatic rings. The summed E-state index contributed by atoms with van der Waals surface area (Å²) in [7, 11) is 1.52. The van der Waals surface area contributed by atoms with Gasteiger partial charge in [-0.1, -0.05) is 0 Å². The minimum Gasteiger partial charge on any atom is -0.507 e. The van der Waals surface area contributed by atoms with Gasteiger partial charge in [-0.3, -0.25) is 24.6 Å². The number of Topliss-reactive ketones (excluding diaryl/α,β-unsaturated/α-hetero) is 1. The smallest absolute Gasteiger partial charge is 0.295 e. The molecule has 1 atom stereocenters. The number of non-ortho nitro benzene ring substituents is 1. The number of amides is 1. The lowest BCUT2D eigenvalue weighted by Gasteiger charge is -2.29. The fourth-order valence-corrected chi connectivity index (χ4v) is 4.43. The van der Waals surface area contributed by atoms with Crippen LogP contribution in [0.25, 0.3) is 5.76 Å². The van der Waals surface area contributed by atoms with Crippen LogP contribution in [0.15, 0.2) is 54.1 Å². The highest BCUT2D eigenvalue weighted by atomic mass is 16.6. The van der Waals surface area contributed by atoms with Crippen molar-refractivity contribution in [2.24, 2.45) is 0 Å². The van der Waals surface area contributed by atoms with Gasteiger partial charge in [-0.2, -0.15) is 0 Å². The van der Waals surface area contributed by atoms with Gasteiger partial charge in [-0.25, -0.2) is 0 Å². The summed E-state index contributed by atoms with van der Waals surface area (Å²) < 4.78 is 10.5. The van der Waals surface area contributed by atoms with E-state index in [-0.39, 0.29) is 17.0 Å². The van der Waals surface area contributed by atoms with Gasteiger partial charge in [0.1, 0.15) is 11.5 Å². The number of nitro benzene ring substituents is 1. The molecular weight excluding hydrogens is 454 g/mol. The van der Waals surface area contributed by atoms with Crippen LogP contribution in [0.3, 0.4) is 0 Å². The van der Waals surface area contributed by atoms with Gasteiger partial charge in [0.2, 0.25) is 0 Å². The fraction of sp³-hybridized carbons (Fsp3) is 0.360. The molecule has 2 fully saturated rings. The van der Waals surface area contributed by atoms with Gasteiger partial charge in [-0.15, -0.1) is 0 Å². The van der Waals surface area contributed by atoms with Crippen LogP contribution in [0.4, 0.5) is 5.69 Å². The third-order valence-electron chi connectivity index (χ3n) is 6.30. The molecule has 0 spiro atoms. The van der Waals surface area contributed by atoms with Crippen LogP contribution in [0.5, 0.6) is 5.75 Å². The minimum absolute atomic E-state index is 0.0413. The number of methoxy groups -OCH3 is 1. The predicted molar refractivity (Wildman–Crippen MR) is 127 cm³/mol. The number of hydrogen-bond donors (Lipinski definition) is 1. The van der Waals surface area contributed by atoms with Crippen molar-refractivity contribution in [3.8, 4) is 5.75 Å². The van der Waals surface area contributed by atoms with Gasteiger partial charge in [0.05, 0.1) is 36.9 Å². The Balaban J connectivity index is 1.68. The van der Waals surface area contributed by atoms with E-state index in [4.69, 9.17) is 9.47 Å². The van der Waals surface area contributed by atoms with Crippen molar-refractivity contribution < 1.29 is 29.1 Å². The van der Waals surface area contributed by atoms with Crippen molar-refractivity contribution in [3.63, 3.8) is 0 Å². The number of carbonyl (C=O) groups excluding carboxylic acids is 2. The van der Waals surface area contributed by atoms with Gasteiger partial charge < -0.3 is 19.5 Å². The first-order valence-corrected chi connectivity index (χ1v) is 11.4. The number of aliphatic hydroxyl groups is 1. The van der Waals surface area contributed by atoms with Crippen LogP contribution < -0.4 is 4.74 Å². The lowest BCUT2D eigenvalue weighted by atomic mass is 9.95. The molecule has 0 aromatic heterocycles. The Labute approximate surface area is 202 Å². The highest BCUT2D eigenvalue weighted by Gasteiger charge is 2.45. The predicted octanol–water partition coefficient (Wildman–Crippen LogP) is 2.75. The van der Waals surface area contributed by atoms with E-state index in [9.17, 15) is 24.8 Å². The van der Waals surface area contributed by atoms with Crippen molar-refractivity contribution in [2.75, 3.05) is 46.5 Å².